The predicted octanol–water partition coefficient (Wildman–Crippen LogP) is 9.57. The van der Waals surface area contributed by atoms with Gasteiger partial charge in [0.1, 0.15) is 23.6 Å². The zero-order valence-corrected chi connectivity index (χ0v) is 25.0. The lowest BCUT2D eigenvalue weighted by Gasteiger charge is -2.33. The fraction of sp³-hybridized carbons (Fsp3) is 0.0500. The van der Waals surface area contributed by atoms with E-state index in [2.05, 4.69) is 41.0 Å². The number of rotatable bonds is 5. The maximum atomic E-state index is 15.2. The van der Waals surface area contributed by atoms with E-state index in [0.29, 0.717) is 17.2 Å². The Morgan fingerprint density at radius 1 is 0.587 bits per heavy atom. The molecule has 0 aliphatic carbocycles. The summed E-state index contributed by atoms with van der Waals surface area (Å²) in [6.45, 7) is 0. The molecule has 1 aliphatic heterocycles. The summed E-state index contributed by atoms with van der Waals surface area (Å²) >= 11 is 0. The van der Waals surface area contributed by atoms with Gasteiger partial charge >= 0.3 is 0 Å². The van der Waals surface area contributed by atoms with Crippen LogP contribution < -0.4 is 0 Å². The SMILES string of the molecule is CN1C(c2cc(-c3c(F)cccc3F)ccc2-n2c3ccccc3c3ccccc32)=NC(c2ccccc2)=NC1c1ccccc1. The summed E-state index contributed by atoms with van der Waals surface area (Å²) in [6, 6.07) is 46.0. The molecular formula is C40H28F2N4. The van der Waals surface area contributed by atoms with Crippen LogP contribution in [0.25, 0.3) is 38.6 Å². The van der Waals surface area contributed by atoms with Crippen molar-refractivity contribution in [1.29, 1.82) is 0 Å². The molecule has 1 atom stereocenters. The van der Waals surface area contributed by atoms with Crippen molar-refractivity contribution in [2.45, 2.75) is 6.17 Å². The third-order valence-corrected chi connectivity index (χ3v) is 8.60. The highest BCUT2D eigenvalue weighted by Crippen LogP contribution is 2.37. The van der Waals surface area contributed by atoms with Gasteiger partial charge in [-0.2, -0.15) is 0 Å². The Kier molecular flexibility index (Phi) is 6.76. The van der Waals surface area contributed by atoms with E-state index < -0.39 is 11.6 Å². The number of benzene rings is 6. The number of nitrogens with zero attached hydrogens (tertiary/aromatic N) is 4. The summed E-state index contributed by atoms with van der Waals surface area (Å²) < 4.78 is 32.7. The summed E-state index contributed by atoms with van der Waals surface area (Å²) in [5, 5.41) is 2.22. The molecule has 0 saturated heterocycles. The quantitative estimate of drug-likeness (QED) is 0.193. The highest BCUT2D eigenvalue weighted by molar-refractivity contribution is 6.16. The molecule has 6 aromatic carbocycles. The zero-order chi connectivity index (χ0) is 31.2. The van der Waals surface area contributed by atoms with Gasteiger partial charge in [0.15, 0.2) is 5.84 Å². The van der Waals surface area contributed by atoms with E-state index in [9.17, 15) is 0 Å². The highest BCUT2D eigenvalue weighted by atomic mass is 19.1. The van der Waals surface area contributed by atoms with Crippen LogP contribution in [-0.4, -0.2) is 28.2 Å². The van der Waals surface area contributed by atoms with Crippen LogP contribution in [0, 0.1) is 11.6 Å². The Bertz CT molecular complexity index is 2230. The molecule has 46 heavy (non-hydrogen) atoms. The Morgan fingerprint density at radius 2 is 1.17 bits per heavy atom. The minimum absolute atomic E-state index is 0.0758. The van der Waals surface area contributed by atoms with Crippen molar-refractivity contribution in [2.75, 3.05) is 7.05 Å². The molecule has 4 nitrogen and oxygen atoms in total. The minimum atomic E-state index is -0.622. The fourth-order valence-electron chi connectivity index (χ4n) is 6.45. The number of amidine groups is 2. The van der Waals surface area contributed by atoms with Gasteiger partial charge in [-0.1, -0.05) is 109 Å². The average molecular weight is 603 g/mol. The topological polar surface area (TPSA) is 32.9 Å². The maximum Gasteiger partial charge on any atom is 0.159 e. The van der Waals surface area contributed by atoms with Crippen molar-refractivity contribution in [3.63, 3.8) is 0 Å². The predicted molar refractivity (Wildman–Crippen MR) is 183 cm³/mol. The van der Waals surface area contributed by atoms with Crippen LogP contribution in [-0.2, 0) is 0 Å². The first-order chi connectivity index (χ1) is 22.6. The van der Waals surface area contributed by atoms with E-state index in [0.717, 1.165) is 44.2 Å². The zero-order valence-electron chi connectivity index (χ0n) is 25.0. The maximum absolute atomic E-state index is 15.2. The standard InChI is InChI=1S/C40H28F2N4/c1-45-39(27-15-6-3-7-16-27)43-38(26-13-4-2-5-14-26)44-40(45)31-25-28(37-32(41)19-12-20-33(37)42)23-24-36(31)46-34-21-10-8-17-29(34)30-18-9-11-22-35(30)46/h2-25,39H,1H3. The van der Waals surface area contributed by atoms with Crippen molar-refractivity contribution in [3.05, 3.63) is 174 Å². The second-order valence-corrected chi connectivity index (χ2v) is 11.3. The first kappa shape index (κ1) is 27.7. The Morgan fingerprint density at radius 3 is 1.83 bits per heavy atom. The van der Waals surface area contributed by atoms with Crippen LogP contribution in [0.15, 0.2) is 156 Å². The van der Waals surface area contributed by atoms with Crippen LogP contribution >= 0.6 is 0 Å². The number of fused-ring (bicyclic) bond motifs is 3. The van der Waals surface area contributed by atoms with E-state index in [1.54, 1.807) is 6.07 Å². The van der Waals surface area contributed by atoms with Crippen molar-refractivity contribution >= 4 is 33.5 Å². The van der Waals surface area contributed by atoms with Gasteiger partial charge in [-0.3, -0.25) is 0 Å². The highest BCUT2D eigenvalue weighted by Gasteiger charge is 2.29. The lowest BCUT2D eigenvalue weighted by molar-refractivity contribution is 0.383. The van der Waals surface area contributed by atoms with Gasteiger partial charge in [-0.05, 0) is 47.5 Å². The first-order valence-corrected chi connectivity index (χ1v) is 15.2. The van der Waals surface area contributed by atoms with Gasteiger partial charge in [-0.25, -0.2) is 18.8 Å². The van der Waals surface area contributed by atoms with Crippen LogP contribution in [0.1, 0.15) is 22.9 Å². The van der Waals surface area contributed by atoms with Crippen LogP contribution in [0.5, 0.6) is 0 Å². The van der Waals surface area contributed by atoms with E-state index >= 15 is 8.78 Å². The number of aliphatic imine (C=N–C) groups is 2. The molecule has 0 spiro atoms. The molecular weight excluding hydrogens is 574 g/mol. The first-order valence-electron chi connectivity index (χ1n) is 15.2. The molecule has 0 bridgehead atoms. The molecule has 0 fully saturated rings. The number of aromatic nitrogens is 1. The second-order valence-electron chi connectivity index (χ2n) is 11.3. The molecule has 0 radical (unpaired) electrons. The smallest absolute Gasteiger partial charge is 0.159 e. The molecule has 0 saturated carbocycles. The summed E-state index contributed by atoms with van der Waals surface area (Å²) in [7, 11) is 1.97. The Hall–Kier alpha value is -5.88. The number of halogens is 2. The van der Waals surface area contributed by atoms with Crippen molar-refractivity contribution in [3.8, 4) is 16.8 Å². The molecule has 0 N–H and O–H groups in total. The second kappa shape index (κ2) is 11.2. The van der Waals surface area contributed by atoms with Crippen LogP contribution in [0.2, 0.25) is 0 Å². The van der Waals surface area contributed by atoms with Gasteiger partial charge in [-0.15, -0.1) is 0 Å². The third-order valence-electron chi connectivity index (χ3n) is 8.60. The van der Waals surface area contributed by atoms with Gasteiger partial charge in [0.25, 0.3) is 0 Å². The molecule has 2 heterocycles. The summed E-state index contributed by atoms with van der Waals surface area (Å²) in [5.41, 5.74) is 5.82. The summed E-state index contributed by atoms with van der Waals surface area (Å²) in [5.74, 6) is -0.0252. The van der Waals surface area contributed by atoms with Gasteiger partial charge in [0, 0.05) is 28.9 Å². The lowest BCUT2D eigenvalue weighted by Crippen LogP contribution is -2.36. The van der Waals surface area contributed by atoms with Crippen LogP contribution in [0.3, 0.4) is 0 Å². The molecule has 222 valence electrons. The Labute approximate surface area is 265 Å². The normalized spacial score (nSPS) is 14.8. The van der Waals surface area contributed by atoms with Crippen molar-refractivity contribution in [2.24, 2.45) is 9.98 Å². The summed E-state index contributed by atoms with van der Waals surface area (Å²) in [6.07, 6.45) is -0.385. The number of hydrogen-bond donors (Lipinski definition) is 0. The summed E-state index contributed by atoms with van der Waals surface area (Å²) in [4.78, 5) is 12.3. The van der Waals surface area contributed by atoms with E-state index in [1.165, 1.54) is 18.2 Å². The molecule has 0 amide bonds. The van der Waals surface area contributed by atoms with Gasteiger partial charge in [0.05, 0.1) is 22.3 Å². The Balaban J connectivity index is 1.44. The van der Waals surface area contributed by atoms with Crippen molar-refractivity contribution in [1.82, 2.24) is 9.47 Å². The molecule has 1 aromatic heterocycles. The molecule has 8 rings (SSSR count). The minimum Gasteiger partial charge on any atom is -0.333 e. The van der Waals surface area contributed by atoms with Crippen molar-refractivity contribution < 1.29 is 8.78 Å². The number of hydrogen-bond acceptors (Lipinski definition) is 3. The van der Waals surface area contributed by atoms with Gasteiger partial charge < -0.3 is 9.47 Å². The molecule has 1 aliphatic rings. The van der Waals surface area contributed by atoms with Gasteiger partial charge in [0.2, 0.25) is 0 Å². The fourth-order valence-corrected chi connectivity index (χ4v) is 6.45. The number of para-hydroxylation sites is 2. The molecule has 7 aromatic rings. The lowest BCUT2D eigenvalue weighted by atomic mass is 9.98. The average Bonchev–Trinajstić information content (AvgIpc) is 3.43. The van der Waals surface area contributed by atoms with E-state index in [4.69, 9.17) is 9.98 Å². The molecule has 1 unspecified atom stereocenters. The third kappa shape index (κ3) is 4.58. The monoisotopic (exact) mass is 602 g/mol. The molecule has 6 heteroatoms. The largest absolute Gasteiger partial charge is 0.333 e. The van der Waals surface area contributed by atoms with E-state index in [-0.39, 0.29) is 11.7 Å². The van der Waals surface area contributed by atoms with Crippen LogP contribution in [0.4, 0.5) is 8.78 Å². The van der Waals surface area contributed by atoms with E-state index in [1.807, 2.05) is 96.9 Å².